The summed E-state index contributed by atoms with van der Waals surface area (Å²) >= 11 is 5.90. The number of rotatable bonds is 6. The second kappa shape index (κ2) is 8.22. The van der Waals surface area contributed by atoms with Gasteiger partial charge in [-0.05, 0) is 43.7 Å². The number of nitrogens with one attached hydrogen (secondary N) is 1. The molecule has 6 nitrogen and oxygen atoms in total. The fourth-order valence-electron chi connectivity index (χ4n) is 2.95. The number of para-hydroxylation sites is 2. The second-order valence-corrected chi connectivity index (χ2v) is 6.64. The minimum absolute atomic E-state index is 0.0419. The van der Waals surface area contributed by atoms with E-state index in [1.165, 1.54) is 13.0 Å². The maximum Gasteiger partial charge on any atom is 0.262 e. The molecule has 1 aliphatic heterocycles. The lowest BCUT2D eigenvalue weighted by atomic mass is 10.1. The molecule has 7 heteroatoms. The van der Waals surface area contributed by atoms with E-state index in [2.05, 4.69) is 5.32 Å². The Bertz CT molecular complexity index is 897. The molecule has 1 fully saturated rings. The molecule has 140 valence electrons. The van der Waals surface area contributed by atoms with E-state index in [0.717, 1.165) is 6.42 Å². The maximum atomic E-state index is 12.3. The van der Waals surface area contributed by atoms with Crippen LogP contribution in [0, 0.1) is 0 Å². The van der Waals surface area contributed by atoms with Gasteiger partial charge in [-0.15, -0.1) is 0 Å². The Kier molecular flexibility index (Phi) is 5.76. The van der Waals surface area contributed by atoms with Gasteiger partial charge in [-0.25, -0.2) is 0 Å². The summed E-state index contributed by atoms with van der Waals surface area (Å²) in [7, 11) is 0. The SMILES string of the molecule is CC(=O)c1cc(Cl)ccc1OCC(=O)Nc1ccccc1N1CCCC1=O. The molecule has 0 aromatic heterocycles. The number of ketones is 1. The third-order valence-electron chi connectivity index (χ3n) is 4.22. The summed E-state index contributed by atoms with van der Waals surface area (Å²) in [6, 6.07) is 11.8. The van der Waals surface area contributed by atoms with Crippen LogP contribution in [0.5, 0.6) is 5.75 Å². The predicted octanol–water partition coefficient (Wildman–Crippen LogP) is 3.69. The lowest BCUT2D eigenvalue weighted by Crippen LogP contribution is -2.27. The summed E-state index contributed by atoms with van der Waals surface area (Å²) in [4.78, 5) is 37.7. The van der Waals surface area contributed by atoms with Gasteiger partial charge in [0.25, 0.3) is 5.91 Å². The van der Waals surface area contributed by atoms with Crippen molar-refractivity contribution in [3.05, 3.63) is 53.1 Å². The van der Waals surface area contributed by atoms with Gasteiger partial charge in [0, 0.05) is 18.0 Å². The number of benzene rings is 2. The van der Waals surface area contributed by atoms with Gasteiger partial charge in [0.1, 0.15) is 5.75 Å². The van der Waals surface area contributed by atoms with E-state index in [-0.39, 0.29) is 18.3 Å². The van der Waals surface area contributed by atoms with Gasteiger partial charge in [0.15, 0.2) is 12.4 Å². The zero-order valence-corrected chi connectivity index (χ0v) is 15.6. The number of Topliss-reactive ketones (excluding diaryl/α,β-unsaturated/α-hetero) is 1. The summed E-state index contributed by atoms with van der Waals surface area (Å²) < 4.78 is 5.50. The van der Waals surface area contributed by atoms with Crippen molar-refractivity contribution in [2.75, 3.05) is 23.4 Å². The van der Waals surface area contributed by atoms with Crippen LogP contribution in [0.2, 0.25) is 5.02 Å². The van der Waals surface area contributed by atoms with Crippen molar-refractivity contribution in [3.8, 4) is 5.75 Å². The number of halogens is 1. The number of hydrogen-bond donors (Lipinski definition) is 1. The molecule has 0 atom stereocenters. The van der Waals surface area contributed by atoms with Crippen LogP contribution < -0.4 is 15.0 Å². The molecule has 1 aliphatic rings. The normalized spacial score (nSPS) is 13.6. The van der Waals surface area contributed by atoms with Crippen molar-refractivity contribution in [1.82, 2.24) is 0 Å². The second-order valence-electron chi connectivity index (χ2n) is 6.20. The molecule has 0 radical (unpaired) electrons. The van der Waals surface area contributed by atoms with Gasteiger partial charge in [-0.2, -0.15) is 0 Å². The standard InChI is InChI=1S/C20H19ClN2O4/c1-13(24)15-11-14(21)8-9-18(15)27-12-19(25)22-16-5-2-3-6-17(16)23-10-4-7-20(23)26/h2-3,5-6,8-9,11H,4,7,10,12H2,1H3,(H,22,25). The first-order chi connectivity index (χ1) is 13.0. The number of carbonyl (C=O) groups is 3. The highest BCUT2D eigenvalue weighted by molar-refractivity contribution is 6.31. The van der Waals surface area contributed by atoms with Crippen molar-refractivity contribution in [3.63, 3.8) is 0 Å². The molecule has 3 rings (SSSR count). The van der Waals surface area contributed by atoms with E-state index in [0.29, 0.717) is 40.7 Å². The number of nitrogens with zero attached hydrogens (tertiary/aromatic N) is 1. The number of hydrogen-bond acceptors (Lipinski definition) is 4. The molecule has 1 saturated heterocycles. The summed E-state index contributed by atoms with van der Waals surface area (Å²) in [6.45, 7) is 1.76. The Labute approximate surface area is 162 Å². The molecule has 2 aromatic carbocycles. The minimum Gasteiger partial charge on any atom is -0.483 e. The van der Waals surface area contributed by atoms with Gasteiger partial charge in [0.05, 0.1) is 16.9 Å². The number of anilines is 2. The Hall–Kier alpha value is -2.86. The van der Waals surface area contributed by atoms with E-state index in [9.17, 15) is 14.4 Å². The fraction of sp³-hybridized carbons (Fsp3) is 0.250. The van der Waals surface area contributed by atoms with E-state index in [4.69, 9.17) is 16.3 Å². The number of amides is 2. The van der Waals surface area contributed by atoms with Crippen LogP contribution in [-0.2, 0) is 9.59 Å². The minimum atomic E-state index is -0.390. The first-order valence-electron chi connectivity index (χ1n) is 8.58. The maximum absolute atomic E-state index is 12.3. The monoisotopic (exact) mass is 386 g/mol. The summed E-state index contributed by atoms with van der Waals surface area (Å²) in [5, 5.41) is 3.19. The molecular formula is C20H19ClN2O4. The van der Waals surface area contributed by atoms with E-state index < -0.39 is 5.91 Å². The molecule has 0 unspecified atom stereocenters. The molecule has 0 saturated carbocycles. The fourth-order valence-corrected chi connectivity index (χ4v) is 3.12. The molecule has 0 spiro atoms. The zero-order chi connectivity index (χ0) is 19.4. The third-order valence-corrected chi connectivity index (χ3v) is 4.46. The molecule has 0 aliphatic carbocycles. The van der Waals surface area contributed by atoms with Gasteiger partial charge in [-0.1, -0.05) is 23.7 Å². The Morgan fingerprint density at radius 1 is 1.22 bits per heavy atom. The van der Waals surface area contributed by atoms with Crippen LogP contribution in [0.3, 0.4) is 0 Å². The number of carbonyl (C=O) groups excluding carboxylic acids is 3. The highest BCUT2D eigenvalue weighted by Gasteiger charge is 2.24. The van der Waals surface area contributed by atoms with E-state index in [1.807, 2.05) is 6.07 Å². The lowest BCUT2D eigenvalue weighted by Gasteiger charge is -2.20. The van der Waals surface area contributed by atoms with E-state index in [1.54, 1.807) is 35.2 Å². The summed E-state index contributed by atoms with van der Waals surface area (Å²) in [5.74, 6) is -0.255. The Morgan fingerprint density at radius 2 is 2.00 bits per heavy atom. The number of ether oxygens (including phenoxy) is 1. The third kappa shape index (κ3) is 4.46. The van der Waals surface area contributed by atoms with Crippen LogP contribution in [0.25, 0.3) is 0 Å². The van der Waals surface area contributed by atoms with Crippen LogP contribution in [0.4, 0.5) is 11.4 Å². The van der Waals surface area contributed by atoms with Crippen LogP contribution >= 0.6 is 11.6 Å². The molecule has 0 bridgehead atoms. The van der Waals surface area contributed by atoms with Gasteiger partial charge in [-0.3, -0.25) is 14.4 Å². The molecule has 2 amide bonds. The van der Waals surface area contributed by atoms with Gasteiger partial charge < -0.3 is 15.0 Å². The van der Waals surface area contributed by atoms with Crippen molar-refractivity contribution in [2.24, 2.45) is 0 Å². The van der Waals surface area contributed by atoms with Crippen molar-refractivity contribution in [1.29, 1.82) is 0 Å². The molecular weight excluding hydrogens is 368 g/mol. The molecule has 27 heavy (non-hydrogen) atoms. The Morgan fingerprint density at radius 3 is 2.70 bits per heavy atom. The lowest BCUT2D eigenvalue weighted by molar-refractivity contribution is -0.118. The summed E-state index contributed by atoms with van der Waals surface area (Å²) in [5.41, 5.74) is 1.53. The highest BCUT2D eigenvalue weighted by Crippen LogP contribution is 2.29. The largest absolute Gasteiger partial charge is 0.483 e. The van der Waals surface area contributed by atoms with Gasteiger partial charge in [0.2, 0.25) is 5.91 Å². The average molecular weight is 387 g/mol. The molecule has 1 N–H and O–H groups in total. The Balaban J connectivity index is 1.69. The quantitative estimate of drug-likeness (QED) is 0.768. The summed E-state index contributed by atoms with van der Waals surface area (Å²) in [6.07, 6.45) is 1.31. The highest BCUT2D eigenvalue weighted by atomic mass is 35.5. The average Bonchev–Trinajstić information content (AvgIpc) is 3.07. The molecule has 2 aromatic rings. The topological polar surface area (TPSA) is 75.7 Å². The van der Waals surface area contributed by atoms with Crippen LogP contribution in [0.1, 0.15) is 30.1 Å². The first-order valence-corrected chi connectivity index (χ1v) is 8.96. The van der Waals surface area contributed by atoms with Crippen molar-refractivity contribution in [2.45, 2.75) is 19.8 Å². The predicted molar refractivity (Wildman–Crippen MR) is 104 cm³/mol. The van der Waals surface area contributed by atoms with Gasteiger partial charge >= 0.3 is 0 Å². The van der Waals surface area contributed by atoms with Crippen LogP contribution in [0.15, 0.2) is 42.5 Å². The smallest absolute Gasteiger partial charge is 0.262 e. The van der Waals surface area contributed by atoms with Crippen molar-refractivity contribution >= 4 is 40.6 Å². The zero-order valence-electron chi connectivity index (χ0n) is 14.8. The van der Waals surface area contributed by atoms with E-state index >= 15 is 0 Å². The molecule has 1 heterocycles. The first kappa shape index (κ1) is 18.9. The van der Waals surface area contributed by atoms with Crippen LogP contribution in [-0.4, -0.2) is 30.7 Å². The van der Waals surface area contributed by atoms with Crippen molar-refractivity contribution < 1.29 is 19.1 Å².